The van der Waals surface area contributed by atoms with Crippen molar-refractivity contribution < 1.29 is 14.4 Å². The van der Waals surface area contributed by atoms with E-state index >= 15 is 0 Å². The lowest BCUT2D eigenvalue weighted by atomic mass is 10.1. The predicted molar refractivity (Wildman–Crippen MR) is 141 cm³/mol. The molecule has 2 rings (SSSR count). The van der Waals surface area contributed by atoms with E-state index in [2.05, 4.69) is 17.6 Å². The third-order valence-electron chi connectivity index (χ3n) is 5.56. The molecule has 2 amide bonds. The number of urea groups is 1. The van der Waals surface area contributed by atoms with Crippen LogP contribution in [0.25, 0.3) is 0 Å². The Morgan fingerprint density at radius 2 is 2.00 bits per heavy atom. The summed E-state index contributed by atoms with van der Waals surface area (Å²) in [5.74, 6) is 0.863. The number of rotatable bonds is 14. The Balaban J connectivity index is 1.81. The molecule has 8 heteroatoms. The van der Waals surface area contributed by atoms with E-state index in [0.29, 0.717) is 29.4 Å². The first-order valence-corrected chi connectivity index (χ1v) is 12.9. The highest BCUT2D eigenvalue weighted by molar-refractivity contribution is 7.99. The van der Waals surface area contributed by atoms with E-state index in [4.69, 9.17) is 11.6 Å². The zero-order valence-corrected chi connectivity index (χ0v) is 21.7. The van der Waals surface area contributed by atoms with Crippen molar-refractivity contribution in [1.82, 2.24) is 10.2 Å². The summed E-state index contributed by atoms with van der Waals surface area (Å²) in [5, 5.41) is 6.26. The minimum absolute atomic E-state index is 0.157. The Kier molecular flexibility index (Phi) is 12.2. The van der Waals surface area contributed by atoms with Crippen molar-refractivity contribution in [3.63, 3.8) is 0 Å². The SMILES string of the molecule is CCCC(C=O)N(C)Cc1c(C=O)cccc1SCCCCNC(=O)Nc1ccc(C)c(Cl)c1. The quantitative estimate of drug-likeness (QED) is 0.189. The fourth-order valence-corrected chi connectivity index (χ4v) is 4.79. The number of anilines is 1. The number of hydrogen-bond donors (Lipinski definition) is 2. The van der Waals surface area contributed by atoms with Gasteiger partial charge in [-0.05, 0) is 68.3 Å². The summed E-state index contributed by atoms with van der Waals surface area (Å²) in [4.78, 5) is 38.2. The minimum Gasteiger partial charge on any atom is -0.338 e. The van der Waals surface area contributed by atoms with Gasteiger partial charge in [0.25, 0.3) is 0 Å². The van der Waals surface area contributed by atoms with Crippen LogP contribution in [0.5, 0.6) is 0 Å². The second-order valence-electron chi connectivity index (χ2n) is 8.25. The molecule has 2 N–H and O–H groups in total. The van der Waals surface area contributed by atoms with Crippen molar-refractivity contribution in [2.75, 3.05) is 24.7 Å². The molecule has 0 aliphatic heterocycles. The molecule has 1 atom stereocenters. The summed E-state index contributed by atoms with van der Waals surface area (Å²) in [6.45, 7) is 5.08. The van der Waals surface area contributed by atoms with E-state index in [0.717, 1.165) is 60.0 Å². The van der Waals surface area contributed by atoms with Crippen LogP contribution in [0.1, 0.15) is 54.1 Å². The molecule has 0 heterocycles. The molecule has 1 unspecified atom stereocenters. The molecular formula is C26H34ClN3O3S. The number of carbonyl (C=O) groups excluding carboxylic acids is 3. The fraction of sp³-hybridized carbons (Fsp3) is 0.423. The molecule has 0 aromatic heterocycles. The first-order valence-electron chi connectivity index (χ1n) is 11.6. The van der Waals surface area contributed by atoms with Gasteiger partial charge in [0, 0.05) is 34.3 Å². The van der Waals surface area contributed by atoms with Crippen molar-refractivity contribution in [2.45, 2.75) is 57.0 Å². The van der Waals surface area contributed by atoms with Crippen molar-refractivity contribution in [3.05, 3.63) is 58.1 Å². The summed E-state index contributed by atoms with van der Waals surface area (Å²) < 4.78 is 0. The Morgan fingerprint density at radius 3 is 2.68 bits per heavy atom. The summed E-state index contributed by atoms with van der Waals surface area (Å²) in [5.41, 5.74) is 3.24. The summed E-state index contributed by atoms with van der Waals surface area (Å²) in [7, 11) is 1.92. The highest BCUT2D eigenvalue weighted by atomic mass is 35.5. The fourth-order valence-electron chi connectivity index (χ4n) is 3.51. The predicted octanol–water partition coefficient (Wildman–Crippen LogP) is 5.95. The number of nitrogens with zero attached hydrogens (tertiary/aromatic N) is 1. The maximum atomic E-state index is 12.1. The molecule has 0 spiro atoms. The number of halogens is 1. The average Bonchev–Trinajstić information content (AvgIpc) is 2.82. The van der Waals surface area contributed by atoms with Gasteiger partial charge >= 0.3 is 6.03 Å². The molecule has 34 heavy (non-hydrogen) atoms. The van der Waals surface area contributed by atoms with Crippen LogP contribution in [0.15, 0.2) is 41.3 Å². The molecule has 0 bridgehead atoms. The van der Waals surface area contributed by atoms with E-state index in [1.807, 2.05) is 49.2 Å². The Labute approximate surface area is 211 Å². The van der Waals surface area contributed by atoms with Gasteiger partial charge in [-0.25, -0.2) is 4.79 Å². The van der Waals surface area contributed by atoms with Crippen LogP contribution >= 0.6 is 23.4 Å². The van der Waals surface area contributed by atoms with Crippen LogP contribution in [-0.2, 0) is 11.3 Å². The molecule has 0 fully saturated rings. The third-order valence-corrected chi connectivity index (χ3v) is 7.15. The lowest BCUT2D eigenvalue weighted by Crippen LogP contribution is -2.32. The molecule has 0 saturated carbocycles. The minimum atomic E-state index is -0.256. The van der Waals surface area contributed by atoms with Gasteiger partial charge in [0.15, 0.2) is 0 Å². The second-order valence-corrected chi connectivity index (χ2v) is 9.79. The van der Waals surface area contributed by atoms with Crippen molar-refractivity contribution >= 4 is 47.7 Å². The first kappa shape index (κ1) is 27.9. The Hall–Kier alpha value is -2.35. The topological polar surface area (TPSA) is 78.5 Å². The second kappa shape index (κ2) is 14.8. The number of hydrogen-bond acceptors (Lipinski definition) is 5. The largest absolute Gasteiger partial charge is 0.338 e. The van der Waals surface area contributed by atoms with E-state index in [-0.39, 0.29) is 12.1 Å². The number of unbranched alkanes of at least 4 members (excludes halogenated alkanes) is 1. The summed E-state index contributed by atoms with van der Waals surface area (Å²) in [6.07, 6.45) is 5.33. The average molecular weight is 504 g/mol. The van der Waals surface area contributed by atoms with Gasteiger partial charge in [-0.3, -0.25) is 9.69 Å². The number of aldehydes is 2. The maximum Gasteiger partial charge on any atom is 0.319 e. The third kappa shape index (κ3) is 8.78. The normalized spacial score (nSPS) is 11.8. The van der Waals surface area contributed by atoms with E-state index in [1.165, 1.54) is 0 Å². The Morgan fingerprint density at radius 1 is 1.21 bits per heavy atom. The van der Waals surface area contributed by atoms with Gasteiger partial charge in [0.1, 0.15) is 12.6 Å². The van der Waals surface area contributed by atoms with Crippen LogP contribution in [0.2, 0.25) is 5.02 Å². The summed E-state index contributed by atoms with van der Waals surface area (Å²) >= 11 is 7.79. The van der Waals surface area contributed by atoms with Crippen LogP contribution in [0.3, 0.4) is 0 Å². The van der Waals surface area contributed by atoms with Gasteiger partial charge in [0.05, 0.1) is 6.04 Å². The van der Waals surface area contributed by atoms with E-state index in [9.17, 15) is 14.4 Å². The van der Waals surface area contributed by atoms with Gasteiger partial charge < -0.3 is 15.4 Å². The number of benzene rings is 2. The molecule has 0 saturated heterocycles. The molecule has 6 nitrogen and oxygen atoms in total. The smallest absolute Gasteiger partial charge is 0.319 e. The van der Waals surface area contributed by atoms with Gasteiger partial charge in [-0.2, -0.15) is 0 Å². The van der Waals surface area contributed by atoms with Crippen LogP contribution in [-0.4, -0.2) is 48.9 Å². The monoisotopic (exact) mass is 503 g/mol. The standard InChI is InChI=1S/C26H34ClN3O3S/c1-4-8-22(18-32)30(3)16-23-20(17-31)9-7-10-25(23)34-14-6-5-13-28-26(33)29-21-12-11-19(2)24(27)15-21/h7,9-12,15,17-18,22H,4-6,8,13-14,16H2,1-3H3,(H2,28,29,33). The van der Waals surface area contributed by atoms with Crippen molar-refractivity contribution in [1.29, 1.82) is 0 Å². The van der Waals surface area contributed by atoms with Gasteiger partial charge in [0.2, 0.25) is 0 Å². The number of likely N-dealkylation sites (N-methyl/N-ethyl adjacent to an activating group) is 1. The zero-order chi connectivity index (χ0) is 24.9. The van der Waals surface area contributed by atoms with E-state index < -0.39 is 0 Å². The molecule has 184 valence electrons. The molecule has 0 radical (unpaired) electrons. The van der Waals surface area contributed by atoms with Crippen LogP contribution < -0.4 is 10.6 Å². The molecular weight excluding hydrogens is 470 g/mol. The number of nitrogens with one attached hydrogen (secondary N) is 2. The zero-order valence-electron chi connectivity index (χ0n) is 20.1. The maximum absolute atomic E-state index is 12.1. The lowest BCUT2D eigenvalue weighted by molar-refractivity contribution is -0.112. The number of carbonyl (C=O) groups is 3. The van der Waals surface area contributed by atoms with Crippen molar-refractivity contribution in [2.24, 2.45) is 0 Å². The van der Waals surface area contributed by atoms with E-state index in [1.54, 1.807) is 17.8 Å². The molecule has 0 aliphatic carbocycles. The van der Waals surface area contributed by atoms with Crippen LogP contribution in [0.4, 0.5) is 10.5 Å². The molecule has 2 aromatic rings. The van der Waals surface area contributed by atoms with Gasteiger partial charge in [-0.1, -0.05) is 43.1 Å². The van der Waals surface area contributed by atoms with Gasteiger partial charge in [-0.15, -0.1) is 11.8 Å². The van der Waals surface area contributed by atoms with Crippen molar-refractivity contribution in [3.8, 4) is 0 Å². The lowest BCUT2D eigenvalue weighted by Gasteiger charge is -2.25. The summed E-state index contributed by atoms with van der Waals surface area (Å²) in [6, 6.07) is 10.7. The highest BCUT2D eigenvalue weighted by Gasteiger charge is 2.17. The number of amides is 2. The Bertz CT molecular complexity index is 970. The first-order chi connectivity index (χ1) is 16.4. The highest BCUT2D eigenvalue weighted by Crippen LogP contribution is 2.27. The molecule has 2 aromatic carbocycles. The molecule has 0 aliphatic rings. The number of thioether (sulfide) groups is 1. The van der Waals surface area contributed by atoms with Crippen LogP contribution in [0, 0.1) is 6.92 Å². The number of aryl methyl sites for hydroxylation is 1.